The number of fused-ring (bicyclic) bond motifs is 2. The molecule has 0 saturated heterocycles. The Labute approximate surface area is 154 Å². The minimum Gasteiger partial charge on any atom is -0.544 e. The van der Waals surface area contributed by atoms with Gasteiger partial charge in [-0.25, -0.2) is 0 Å². The molecule has 0 aromatic heterocycles. The molecule has 0 heterocycles. The first-order valence-electron chi connectivity index (χ1n) is 8.86. The third kappa shape index (κ3) is 2.95. The van der Waals surface area contributed by atoms with E-state index in [9.17, 15) is 5.11 Å². The van der Waals surface area contributed by atoms with E-state index in [-0.39, 0.29) is 5.75 Å². The van der Waals surface area contributed by atoms with Crippen LogP contribution in [-0.2, 0) is 0 Å². The zero-order chi connectivity index (χ0) is 18.3. The molecule has 0 aliphatic rings. The fraction of sp³-hybridized carbons (Fsp3) is 0.130. The average molecular weight is 359 g/mol. The summed E-state index contributed by atoms with van der Waals surface area (Å²) in [7, 11) is -1.82. The molecule has 0 radical (unpaired) electrons. The van der Waals surface area contributed by atoms with Crippen LogP contribution < -0.4 is 4.43 Å². The molecule has 1 N–H and O–H groups in total. The van der Waals surface area contributed by atoms with E-state index in [0.717, 1.165) is 38.4 Å². The maximum Gasteiger partial charge on any atom is 0.242 e. The van der Waals surface area contributed by atoms with Crippen LogP contribution in [0.25, 0.3) is 32.7 Å². The Balaban J connectivity index is 2.14. The molecule has 0 saturated carbocycles. The second kappa shape index (κ2) is 6.18. The highest BCUT2D eigenvalue weighted by atomic mass is 28.4. The van der Waals surface area contributed by atoms with Crippen LogP contribution in [0.15, 0.2) is 72.8 Å². The fourth-order valence-corrected chi connectivity index (χ4v) is 4.28. The minimum atomic E-state index is -1.82. The molecule has 0 aliphatic carbocycles. The number of benzene rings is 4. The summed E-state index contributed by atoms with van der Waals surface area (Å²) in [5.41, 5.74) is 1.81. The lowest BCUT2D eigenvalue weighted by atomic mass is 9.92. The highest BCUT2D eigenvalue weighted by Crippen LogP contribution is 2.45. The molecule has 4 rings (SSSR count). The van der Waals surface area contributed by atoms with Gasteiger partial charge in [0.05, 0.1) is 0 Å². The lowest BCUT2D eigenvalue weighted by Crippen LogP contribution is -2.29. The van der Waals surface area contributed by atoms with E-state index in [0.29, 0.717) is 0 Å². The van der Waals surface area contributed by atoms with Gasteiger partial charge in [0, 0.05) is 11.1 Å². The predicted molar refractivity (Wildman–Crippen MR) is 113 cm³/mol. The molecule has 4 aromatic rings. The summed E-state index contributed by atoms with van der Waals surface area (Å²) in [4.78, 5) is 0. The van der Waals surface area contributed by atoms with E-state index >= 15 is 0 Å². The van der Waals surface area contributed by atoms with Crippen molar-refractivity contribution in [2.45, 2.75) is 19.6 Å². The Kier molecular flexibility index (Phi) is 3.97. The van der Waals surface area contributed by atoms with E-state index in [4.69, 9.17) is 4.43 Å². The first-order valence-corrected chi connectivity index (χ1v) is 12.3. The third-order valence-corrected chi connectivity index (χ3v) is 5.30. The number of phenolic OH excluding ortho intramolecular Hbond substituents is 1. The van der Waals surface area contributed by atoms with Gasteiger partial charge in [-0.3, -0.25) is 0 Å². The number of aromatic hydroxyl groups is 1. The summed E-state index contributed by atoms with van der Waals surface area (Å²) in [6, 6.07) is 24.3. The predicted octanol–water partition coefficient (Wildman–Crippen LogP) is 6.58. The van der Waals surface area contributed by atoms with Gasteiger partial charge in [-0.15, -0.1) is 0 Å². The summed E-state index contributed by atoms with van der Waals surface area (Å²) >= 11 is 0. The zero-order valence-corrected chi connectivity index (χ0v) is 16.3. The first kappa shape index (κ1) is 16.7. The maximum atomic E-state index is 10.8. The van der Waals surface area contributed by atoms with Crippen molar-refractivity contribution in [3.8, 4) is 22.6 Å². The van der Waals surface area contributed by atoms with E-state index in [2.05, 4.69) is 50.0 Å². The molecule has 4 aromatic carbocycles. The van der Waals surface area contributed by atoms with E-state index in [1.807, 2.05) is 36.4 Å². The first-order chi connectivity index (χ1) is 12.4. The van der Waals surface area contributed by atoms with Crippen molar-refractivity contribution in [3.05, 3.63) is 72.8 Å². The van der Waals surface area contributed by atoms with Crippen molar-refractivity contribution in [2.24, 2.45) is 0 Å². The fourth-order valence-electron chi connectivity index (χ4n) is 3.45. The van der Waals surface area contributed by atoms with Gasteiger partial charge < -0.3 is 9.53 Å². The highest BCUT2D eigenvalue weighted by molar-refractivity contribution is 6.70. The van der Waals surface area contributed by atoms with Crippen LogP contribution in [0, 0.1) is 0 Å². The number of rotatable bonds is 3. The molecule has 0 spiro atoms. The minimum absolute atomic E-state index is 0.278. The molecule has 26 heavy (non-hydrogen) atoms. The average Bonchev–Trinajstić information content (AvgIpc) is 2.61. The summed E-state index contributed by atoms with van der Waals surface area (Å²) < 4.78 is 6.43. The van der Waals surface area contributed by atoms with Crippen molar-refractivity contribution in [1.29, 1.82) is 0 Å². The van der Waals surface area contributed by atoms with Crippen molar-refractivity contribution in [1.82, 2.24) is 0 Å². The Morgan fingerprint density at radius 2 is 1.19 bits per heavy atom. The standard InChI is InChI=1S/C23H22O2Si/c1-26(2,3)25-21-15-13-17-9-5-7-11-19(17)23(21)22-18-10-6-4-8-16(18)12-14-20(22)24/h4-15,24H,1-3H3. The lowest BCUT2D eigenvalue weighted by Gasteiger charge is -2.24. The van der Waals surface area contributed by atoms with Gasteiger partial charge in [0.1, 0.15) is 11.5 Å². The molecular weight excluding hydrogens is 336 g/mol. The van der Waals surface area contributed by atoms with Crippen LogP contribution in [-0.4, -0.2) is 13.4 Å². The summed E-state index contributed by atoms with van der Waals surface area (Å²) in [6.45, 7) is 6.53. The smallest absolute Gasteiger partial charge is 0.242 e. The molecule has 0 bridgehead atoms. The second-order valence-corrected chi connectivity index (χ2v) is 12.0. The molecule has 2 nitrogen and oxygen atoms in total. The molecule has 130 valence electrons. The molecule has 0 amide bonds. The molecule has 0 fully saturated rings. The van der Waals surface area contributed by atoms with E-state index in [1.165, 1.54) is 0 Å². The Bertz CT molecular complexity index is 1110. The normalized spacial score (nSPS) is 11.8. The molecule has 0 atom stereocenters. The molecule has 0 unspecified atom stereocenters. The van der Waals surface area contributed by atoms with Gasteiger partial charge in [-0.1, -0.05) is 60.7 Å². The number of hydrogen-bond acceptors (Lipinski definition) is 2. The van der Waals surface area contributed by atoms with Crippen LogP contribution in [0.1, 0.15) is 0 Å². The van der Waals surface area contributed by atoms with Gasteiger partial charge in [0.25, 0.3) is 0 Å². The second-order valence-electron chi connectivity index (χ2n) is 7.56. The zero-order valence-electron chi connectivity index (χ0n) is 15.3. The quantitative estimate of drug-likeness (QED) is 0.419. The largest absolute Gasteiger partial charge is 0.544 e. The van der Waals surface area contributed by atoms with Crippen LogP contribution in [0.2, 0.25) is 19.6 Å². The van der Waals surface area contributed by atoms with Crippen LogP contribution in [0.3, 0.4) is 0 Å². The summed E-state index contributed by atoms with van der Waals surface area (Å²) in [5, 5.41) is 15.2. The van der Waals surface area contributed by atoms with Gasteiger partial charge in [0.15, 0.2) is 0 Å². The van der Waals surface area contributed by atoms with Crippen LogP contribution in [0.4, 0.5) is 0 Å². The highest BCUT2D eigenvalue weighted by Gasteiger charge is 2.22. The Morgan fingerprint density at radius 3 is 1.81 bits per heavy atom. The van der Waals surface area contributed by atoms with Crippen molar-refractivity contribution < 1.29 is 9.53 Å². The van der Waals surface area contributed by atoms with Crippen molar-refractivity contribution in [2.75, 3.05) is 0 Å². The Morgan fingerprint density at radius 1 is 0.654 bits per heavy atom. The van der Waals surface area contributed by atoms with Gasteiger partial charge in [-0.2, -0.15) is 0 Å². The van der Waals surface area contributed by atoms with Crippen LogP contribution in [0.5, 0.6) is 11.5 Å². The number of hydrogen-bond donors (Lipinski definition) is 1. The SMILES string of the molecule is C[Si](C)(C)Oc1ccc2ccccc2c1-c1c(O)ccc2ccccc12. The summed E-state index contributed by atoms with van der Waals surface area (Å²) in [5.74, 6) is 1.12. The molecule has 3 heteroatoms. The lowest BCUT2D eigenvalue weighted by molar-refractivity contribution is 0.477. The van der Waals surface area contributed by atoms with Crippen LogP contribution >= 0.6 is 0 Å². The van der Waals surface area contributed by atoms with Gasteiger partial charge >= 0.3 is 0 Å². The molecular formula is C23H22O2Si. The van der Waals surface area contributed by atoms with Crippen molar-refractivity contribution in [3.63, 3.8) is 0 Å². The van der Waals surface area contributed by atoms with E-state index < -0.39 is 8.32 Å². The third-order valence-electron chi connectivity index (χ3n) is 4.46. The molecule has 0 aliphatic heterocycles. The summed E-state index contributed by atoms with van der Waals surface area (Å²) in [6.07, 6.45) is 0. The maximum absolute atomic E-state index is 10.8. The van der Waals surface area contributed by atoms with Gasteiger partial charge in [0.2, 0.25) is 8.32 Å². The number of phenols is 1. The van der Waals surface area contributed by atoms with Gasteiger partial charge in [-0.05, 0) is 53.3 Å². The van der Waals surface area contributed by atoms with E-state index in [1.54, 1.807) is 6.07 Å². The Hall–Kier alpha value is -2.78. The van der Waals surface area contributed by atoms with Crippen molar-refractivity contribution >= 4 is 29.9 Å². The monoisotopic (exact) mass is 358 g/mol. The topological polar surface area (TPSA) is 29.5 Å².